The number of rotatable bonds is 2. The molecule has 1 aromatic heterocycles. The molecule has 0 aliphatic heterocycles. The highest BCUT2D eigenvalue weighted by Crippen LogP contribution is 2.22. The third kappa shape index (κ3) is 3.82. The number of halogens is 1. The molecule has 0 saturated heterocycles. The molecule has 7 heteroatoms. The number of aromatic amines is 1. The van der Waals surface area contributed by atoms with Gasteiger partial charge in [-0.05, 0) is 39.8 Å². The van der Waals surface area contributed by atoms with Crippen LogP contribution in [-0.4, -0.2) is 33.6 Å². The lowest BCUT2D eigenvalue weighted by Gasteiger charge is -2.28. The molecule has 1 heterocycles. The summed E-state index contributed by atoms with van der Waals surface area (Å²) < 4.78 is 5.33. The Kier molecular flexibility index (Phi) is 4.66. The molecule has 0 aliphatic carbocycles. The molecule has 0 radical (unpaired) electrons. The first-order valence-corrected chi connectivity index (χ1v) is 7.62. The van der Waals surface area contributed by atoms with Gasteiger partial charge in [-0.15, -0.1) is 0 Å². The van der Waals surface area contributed by atoms with E-state index in [1.165, 1.54) is 4.90 Å². The van der Waals surface area contributed by atoms with Crippen molar-refractivity contribution in [2.24, 2.45) is 0 Å². The Morgan fingerprint density at radius 1 is 1.39 bits per heavy atom. The Bertz CT molecular complexity index is 795. The summed E-state index contributed by atoms with van der Waals surface area (Å²) >= 11 is 6.04. The summed E-state index contributed by atoms with van der Waals surface area (Å²) in [6, 6.07) is 4.61. The van der Waals surface area contributed by atoms with Crippen LogP contribution in [0.4, 0.5) is 4.79 Å². The van der Waals surface area contributed by atoms with E-state index in [-0.39, 0.29) is 5.56 Å². The van der Waals surface area contributed by atoms with Crippen molar-refractivity contribution >= 4 is 28.6 Å². The molecule has 1 N–H and O–H groups in total. The SMILES string of the molecule is C[C@@H](c1nc2cccc(Cl)c2c(=O)[nH]1)N(C)C(=O)OC(C)(C)C. The van der Waals surface area contributed by atoms with Gasteiger partial charge in [0.1, 0.15) is 11.4 Å². The third-order valence-electron chi connectivity index (χ3n) is 3.36. The van der Waals surface area contributed by atoms with E-state index in [4.69, 9.17) is 16.3 Å². The lowest BCUT2D eigenvalue weighted by molar-refractivity contribution is 0.0227. The number of hydrogen-bond acceptors (Lipinski definition) is 4. The number of amides is 1. The number of carbonyl (C=O) groups is 1. The van der Waals surface area contributed by atoms with Crippen molar-refractivity contribution in [2.45, 2.75) is 39.3 Å². The molecular formula is C16H20ClN3O3. The van der Waals surface area contributed by atoms with E-state index in [9.17, 15) is 9.59 Å². The zero-order valence-corrected chi connectivity index (χ0v) is 14.6. The summed E-state index contributed by atoms with van der Waals surface area (Å²) in [7, 11) is 1.60. The largest absolute Gasteiger partial charge is 0.444 e. The minimum Gasteiger partial charge on any atom is -0.444 e. The van der Waals surface area contributed by atoms with Gasteiger partial charge in [0, 0.05) is 7.05 Å². The number of hydrogen-bond donors (Lipinski definition) is 1. The summed E-state index contributed by atoms with van der Waals surface area (Å²) in [6.07, 6.45) is -0.487. The number of nitrogens with one attached hydrogen (secondary N) is 1. The summed E-state index contributed by atoms with van der Waals surface area (Å²) in [4.78, 5) is 32.9. The fourth-order valence-corrected chi connectivity index (χ4v) is 2.30. The van der Waals surface area contributed by atoms with Crippen molar-refractivity contribution in [3.05, 3.63) is 39.4 Å². The van der Waals surface area contributed by atoms with Crippen molar-refractivity contribution in [3.63, 3.8) is 0 Å². The highest BCUT2D eigenvalue weighted by Gasteiger charge is 2.25. The standard InChI is InChI=1S/C16H20ClN3O3/c1-9(20(5)15(22)23-16(2,3)4)13-18-11-8-6-7-10(17)12(11)14(21)19-13/h6-9H,1-5H3,(H,18,19,21)/t9-/m0/s1. The first kappa shape index (κ1) is 17.3. The maximum atomic E-state index is 12.2. The van der Waals surface area contributed by atoms with Gasteiger partial charge in [0.05, 0.1) is 22.0 Å². The summed E-state index contributed by atoms with van der Waals surface area (Å²) in [6.45, 7) is 7.14. The minimum atomic E-state index is -0.594. The van der Waals surface area contributed by atoms with Gasteiger partial charge in [0.2, 0.25) is 0 Å². The molecule has 1 atom stereocenters. The predicted molar refractivity (Wildman–Crippen MR) is 89.8 cm³/mol. The maximum Gasteiger partial charge on any atom is 0.410 e. The van der Waals surface area contributed by atoms with E-state index in [0.717, 1.165) is 0 Å². The fraction of sp³-hybridized carbons (Fsp3) is 0.438. The molecule has 0 bridgehead atoms. The molecule has 1 aromatic carbocycles. The summed E-state index contributed by atoms with van der Waals surface area (Å²) in [5.74, 6) is 0.373. The molecule has 6 nitrogen and oxygen atoms in total. The third-order valence-corrected chi connectivity index (χ3v) is 3.67. The Labute approximate surface area is 139 Å². The molecule has 2 rings (SSSR count). The molecule has 0 unspecified atom stereocenters. The average molecular weight is 338 g/mol. The van der Waals surface area contributed by atoms with Crippen molar-refractivity contribution in [1.82, 2.24) is 14.9 Å². The van der Waals surface area contributed by atoms with Crippen LogP contribution in [0.1, 0.15) is 39.6 Å². The highest BCUT2D eigenvalue weighted by molar-refractivity contribution is 6.35. The lowest BCUT2D eigenvalue weighted by Crippen LogP contribution is -2.36. The smallest absolute Gasteiger partial charge is 0.410 e. The molecular weight excluding hydrogens is 318 g/mol. The van der Waals surface area contributed by atoms with E-state index in [2.05, 4.69) is 9.97 Å². The van der Waals surface area contributed by atoms with Gasteiger partial charge in [0.15, 0.2) is 0 Å². The van der Waals surface area contributed by atoms with Crippen molar-refractivity contribution < 1.29 is 9.53 Å². The molecule has 1 amide bonds. The number of fused-ring (bicyclic) bond motifs is 1. The normalized spacial score (nSPS) is 13.0. The topological polar surface area (TPSA) is 75.3 Å². The number of aromatic nitrogens is 2. The number of benzene rings is 1. The van der Waals surface area contributed by atoms with Gasteiger partial charge in [-0.25, -0.2) is 9.78 Å². The number of H-pyrrole nitrogens is 1. The molecule has 124 valence electrons. The van der Waals surface area contributed by atoms with Gasteiger partial charge in [-0.2, -0.15) is 0 Å². The number of carbonyl (C=O) groups excluding carboxylic acids is 1. The number of ether oxygens (including phenoxy) is 1. The molecule has 0 aliphatic rings. The maximum absolute atomic E-state index is 12.2. The van der Waals surface area contributed by atoms with Crippen LogP contribution in [0.3, 0.4) is 0 Å². The van der Waals surface area contributed by atoms with Crippen LogP contribution in [0, 0.1) is 0 Å². The lowest BCUT2D eigenvalue weighted by atomic mass is 10.2. The Morgan fingerprint density at radius 3 is 2.65 bits per heavy atom. The number of nitrogens with zero attached hydrogens (tertiary/aromatic N) is 2. The molecule has 2 aromatic rings. The van der Waals surface area contributed by atoms with Gasteiger partial charge in [-0.1, -0.05) is 17.7 Å². The zero-order chi connectivity index (χ0) is 17.4. The van der Waals surface area contributed by atoms with E-state index >= 15 is 0 Å². The van der Waals surface area contributed by atoms with Crippen molar-refractivity contribution in [2.75, 3.05) is 7.05 Å². The second-order valence-corrected chi connectivity index (χ2v) is 6.76. The molecule has 0 saturated carbocycles. The van der Waals surface area contributed by atoms with Gasteiger partial charge in [0.25, 0.3) is 5.56 Å². The Hall–Kier alpha value is -2.08. The van der Waals surface area contributed by atoms with E-state index < -0.39 is 17.7 Å². The van der Waals surface area contributed by atoms with Gasteiger partial charge < -0.3 is 14.6 Å². The van der Waals surface area contributed by atoms with Crippen LogP contribution < -0.4 is 5.56 Å². The van der Waals surface area contributed by atoms with Crippen LogP contribution in [0.5, 0.6) is 0 Å². The van der Waals surface area contributed by atoms with Crippen LogP contribution in [0.15, 0.2) is 23.0 Å². The highest BCUT2D eigenvalue weighted by atomic mass is 35.5. The van der Waals surface area contributed by atoms with Gasteiger partial charge in [-0.3, -0.25) is 4.79 Å². The van der Waals surface area contributed by atoms with Crippen LogP contribution >= 0.6 is 11.6 Å². The second kappa shape index (κ2) is 6.20. The van der Waals surface area contributed by atoms with Crippen LogP contribution in [0.2, 0.25) is 5.02 Å². The Morgan fingerprint density at radius 2 is 2.04 bits per heavy atom. The first-order chi connectivity index (χ1) is 10.6. The first-order valence-electron chi connectivity index (χ1n) is 7.24. The van der Waals surface area contributed by atoms with E-state index in [1.807, 2.05) is 0 Å². The predicted octanol–water partition coefficient (Wildman–Crippen LogP) is 3.50. The Balaban J connectivity index is 2.36. The summed E-state index contributed by atoms with van der Waals surface area (Å²) in [5.41, 5.74) is -0.441. The van der Waals surface area contributed by atoms with E-state index in [1.54, 1.807) is 52.9 Å². The minimum absolute atomic E-state index is 0.333. The zero-order valence-electron chi connectivity index (χ0n) is 13.8. The van der Waals surface area contributed by atoms with Crippen molar-refractivity contribution in [1.29, 1.82) is 0 Å². The monoisotopic (exact) mass is 337 g/mol. The van der Waals surface area contributed by atoms with E-state index in [0.29, 0.717) is 21.7 Å². The average Bonchev–Trinajstić information content (AvgIpc) is 2.43. The van der Waals surface area contributed by atoms with Crippen molar-refractivity contribution in [3.8, 4) is 0 Å². The van der Waals surface area contributed by atoms with Gasteiger partial charge >= 0.3 is 6.09 Å². The molecule has 23 heavy (non-hydrogen) atoms. The molecule has 0 fully saturated rings. The molecule has 0 spiro atoms. The van der Waals surface area contributed by atoms with Crippen LogP contribution in [-0.2, 0) is 4.74 Å². The summed E-state index contributed by atoms with van der Waals surface area (Å²) in [5, 5.41) is 0.681. The second-order valence-electron chi connectivity index (χ2n) is 6.35. The quantitative estimate of drug-likeness (QED) is 0.910. The fourth-order valence-electron chi connectivity index (χ4n) is 2.04. The van der Waals surface area contributed by atoms with Crippen LogP contribution in [0.25, 0.3) is 10.9 Å².